The summed E-state index contributed by atoms with van der Waals surface area (Å²) in [4.78, 5) is 11.4. The third-order valence-corrected chi connectivity index (χ3v) is 3.44. The molecule has 1 aliphatic rings. The molecule has 0 saturated carbocycles. The number of carbonyl (C=O) groups is 1. The van der Waals surface area contributed by atoms with Crippen LogP contribution >= 0.6 is 0 Å². The van der Waals surface area contributed by atoms with Crippen molar-refractivity contribution in [3.05, 3.63) is 29.6 Å². The third-order valence-electron chi connectivity index (χ3n) is 3.44. The zero-order valence-corrected chi connectivity index (χ0v) is 11.1. The molecule has 0 bridgehead atoms. The van der Waals surface area contributed by atoms with Gasteiger partial charge in [-0.25, -0.2) is 9.18 Å². The smallest absolute Gasteiger partial charge is 0.337 e. The lowest BCUT2D eigenvalue weighted by molar-refractivity contribution is 0.0600. The Morgan fingerprint density at radius 3 is 3.00 bits per heavy atom. The van der Waals surface area contributed by atoms with E-state index in [4.69, 9.17) is 4.74 Å². The molecular formula is C14H18FNO3. The molecule has 1 N–H and O–H groups in total. The second-order valence-electron chi connectivity index (χ2n) is 4.74. The minimum absolute atomic E-state index is 0.0879. The number of methoxy groups -OCH3 is 1. The molecule has 1 heterocycles. The van der Waals surface area contributed by atoms with Gasteiger partial charge in [0.15, 0.2) is 0 Å². The normalized spacial score (nSPS) is 20.1. The van der Waals surface area contributed by atoms with Gasteiger partial charge in [0, 0.05) is 18.6 Å². The van der Waals surface area contributed by atoms with Crippen LogP contribution in [0.1, 0.15) is 23.7 Å². The van der Waals surface area contributed by atoms with Gasteiger partial charge in [-0.3, -0.25) is 0 Å². The third kappa shape index (κ3) is 3.23. The van der Waals surface area contributed by atoms with Crippen LogP contribution in [0.3, 0.4) is 0 Å². The maximum Gasteiger partial charge on any atom is 0.337 e. The molecule has 0 aromatic heterocycles. The molecule has 0 radical (unpaired) electrons. The van der Waals surface area contributed by atoms with Crippen LogP contribution in [-0.2, 0) is 9.47 Å². The zero-order valence-electron chi connectivity index (χ0n) is 11.1. The van der Waals surface area contributed by atoms with Crippen molar-refractivity contribution in [2.45, 2.75) is 19.4 Å². The van der Waals surface area contributed by atoms with Crippen molar-refractivity contribution in [1.29, 1.82) is 0 Å². The van der Waals surface area contributed by atoms with Crippen LogP contribution in [0.2, 0.25) is 0 Å². The zero-order chi connectivity index (χ0) is 13.8. The van der Waals surface area contributed by atoms with E-state index in [1.807, 2.05) is 6.92 Å². The Morgan fingerprint density at radius 1 is 1.58 bits per heavy atom. The van der Waals surface area contributed by atoms with E-state index in [1.54, 1.807) is 0 Å². The van der Waals surface area contributed by atoms with Gasteiger partial charge in [-0.15, -0.1) is 0 Å². The van der Waals surface area contributed by atoms with Gasteiger partial charge in [-0.2, -0.15) is 0 Å². The van der Waals surface area contributed by atoms with Gasteiger partial charge < -0.3 is 14.8 Å². The first-order valence-electron chi connectivity index (χ1n) is 6.34. The number of halogens is 1. The van der Waals surface area contributed by atoms with Crippen LogP contribution in [0.4, 0.5) is 10.1 Å². The predicted octanol–water partition coefficient (Wildman–Crippen LogP) is 2.45. The van der Waals surface area contributed by atoms with Crippen LogP contribution in [0.15, 0.2) is 18.2 Å². The molecule has 0 amide bonds. The summed E-state index contributed by atoms with van der Waals surface area (Å²) in [6.45, 7) is 3.43. The quantitative estimate of drug-likeness (QED) is 0.851. The van der Waals surface area contributed by atoms with Crippen LogP contribution in [0.25, 0.3) is 0 Å². The highest BCUT2D eigenvalue weighted by molar-refractivity contribution is 5.90. The lowest BCUT2D eigenvalue weighted by Crippen LogP contribution is -2.26. The van der Waals surface area contributed by atoms with E-state index in [0.717, 1.165) is 13.0 Å². The topological polar surface area (TPSA) is 47.6 Å². The van der Waals surface area contributed by atoms with Crippen molar-refractivity contribution in [2.24, 2.45) is 5.92 Å². The largest absolute Gasteiger partial charge is 0.465 e. The molecule has 1 aliphatic heterocycles. The Morgan fingerprint density at radius 2 is 2.37 bits per heavy atom. The molecular weight excluding hydrogens is 249 g/mol. The Balaban J connectivity index is 2.12. The molecule has 4 nitrogen and oxygen atoms in total. The number of hydrogen-bond acceptors (Lipinski definition) is 4. The highest BCUT2D eigenvalue weighted by atomic mass is 19.1. The SMILES string of the molecule is COC(=O)c1ccc(F)c(NC(C)C2CCOC2)c1. The fourth-order valence-corrected chi connectivity index (χ4v) is 2.19. The van der Waals surface area contributed by atoms with Gasteiger partial charge in [0.05, 0.1) is 25.0 Å². The highest BCUT2D eigenvalue weighted by Gasteiger charge is 2.23. The fraction of sp³-hybridized carbons (Fsp3) is 0.500. The molecule has 0 aliphatic carbocycles. The number of rotatable bonds is 4. The highest BCUT2D eigenvalue weighted by Crippen LogP contribution is 2.23. The number of hydrogen-bond donors (Lipinski definition) is 1. The van der Waals surface area contributed by atoms with Gasteiger partial charge in [0.1, 0.15) is 5.82 Å². The second-order valence-corrected chi connectivity index (χ2v) is 4.74. The van der Waals surface area contributed by atoms with Gasteiger partial charge in [-0.1, -0.05) is 0 Å². The van der Waals surface area contributed by atoms with E-state index in [2.05, 4.69) is 10.1 Å². The molecule has 1 aromatic rings. The van der Waals surface area contributed by atoms with Gasteiger partial charge in [-0.05, 0) is 31.5 Å². The number of carbonyl (C=O) groups excluding carboxylic acids is 1. The summed E-state index contributed by atoms with van der Waals surface area (Å²) in [6.07, 6.45) is 0.965. The minimum Gasteiger partial charge on any atom is -0.465 e. The molecule has 104 valence electrons. The molecule has 2 atom stereocenters. The molecule has 1 aromatic carbocycles. The second kappa shape index (κ2) is 6.02. The maximum absolute atomic E-state index is 13.7. The lowest BCUT2D eigenvalue weighted by Gasteiger charge is -2.21. The molecule has 1 fully saturated rings. The number of ether oxygens (including phenoxy) is 2. The van der Waals surface area contributed by atoms with Crippen molar-refractivity contribution in [3.8, 4) is 0 Å². The van der Waals surface area contributed by atoms with E-state index < -0.39 is 5.97 Å². The molecule has 19 heavy (non-hydrogen) atoms. The first-order valence-corrected chi connectivity index (χ1v) is 6.34. The van der Waals surface area contributed by atoms with Crippen molar-refractivity contribution >= 4 is 11.7 Å². The number of anilines is 1. The lowest BCUT2D eigenvalue weighted by atomic mass is 10.0. The molecule has 0 spiro atoms. The summed E-state index contributed by atoms with van der Waals surface area (Å²) in [5.41, 5.74) is 0.656. The summed E-state index contributed by atoms with van der Waals surface area (Å²) >= 11 is 0. The summed E-state index contributed by atoms with van der Waals surface area (Å²) in [5, 5.41) is 3.11. The fourth-order valence-electron chi connectivity index (χ4n) is 2.19. The summed E-state index contributed by atoms with van der Waals surface area (Å²) in [7, 11) is 1.30. The van der Waals surface area contributed by atoms with Crippen LogP contribution in [-0.4, -0.2) is 32.3 Å². The van der Waals surface area contributed by atoms with Crippen LogP contribution < -0.4 is 5.32 Å². The monoisotopic (exact) mass is 267 g/mol. The Bertz CT molecular complexity index is 458. The van der Waals surface area contributed by atoms with Gasteiger partial charge in [0.2, 0.25) is 0 Å². The Kier molecular flexibility index (Phi) is 4.37. The molecule has 2 unspecified atom stereocenters. The van der Waals surface area contributed by atoms with E-state index >= 15 is 0 Å². The summed E-state index contributed by atoms with van der Waals surface area (Å²) < 4.78 is 23.7. The van der Waals surface area contributed by atoms with Crippen molar-refractivity contribution in [2.75, 3.05) is 25.6 Å². The predicted molar refractivity (Wildman–Crippen MR) is 69.8 cm³/mol. The first-order chi connectivity index (χ1) is 9.11. The van der Waals surface area contributed by atoms with E-state index in [9.17, 15) is 9.18 Å². The Labute approximate surface area is 111 Å². The maximum atomic E-state index is 13.7. The average molecular weight is 267 g/mol. The van der Waals surface area contributed by atoms with E-state index in [0.29, 0.717) is 23.8 Å². The molecule has 2 rings (SSSR count). The van der Waals surface area contributed by atoms with Crippen molar-refractivity contribution < 1.29 is 18.7 Å². The number of esters is 1. The average Bonchev–Trinajstić information content (AvgIpc) is 2.94. The number of nitrogens with one attached hydrogen (secondary N) is 1. The Hall–Kier alpha value is -1.62. The van der Waals surface area contributed by atoms with Gasteiger partial charge >= 0.3 is 5.97 Å². The summed E-state index contributed by atoms with van der Waals surface area (Å²) in [6, 6.07) is 4.25. The standard InChI is InChI=1S/C14H18FNO3/c1-9(11-5-6-19-8-11)16-13-7-10(14(17)18-2)3-4-12(13)15/h3-4,7,9,11,16H,5-6,8H2,1-2H3. The van der Waals surface area contributed by atoms with Crippen molar-refractivity contribution in [1.82, 2.24) is 0 Å². The number of benzene rings is 1. The van der Waals surface area contributed by atoms with Gasteiger partial charge in [0.25, 0.3) is 0 Å². The van der Waals surface area contributed by atoms with Crippen LogP contribution in [0, 0.1) is 11.7 Å². The molecule has 5 heteroatoms. The van der Waals surface area contributed by atoms with E-state index in [1.165, 1.54) is 25.3 Å². The molecule has 1 saturated heterocycles. The minimum atomic E-state index is -0.472. The van der Waals surface area contributed by atoms with Crippen LogP contribution in [0.5, 0.6) is 0 Å². The van der Waals surface area contributed by atoms with E-state index in [-0.39, 0.29) is 11.9 Å². The summed E-state index contributed by atoms with van der Waals surface area (Å²) in [5.74, 6) is -0.487. The van der Waals surface area contributed by atoms with Crippen molar-refractivity contribution in [3.63, 3.8) is 0 Å². The first kappa shape index (κ1) is 13.8.